The Morgan fingerprint density at radius 3 is 2.75 bits per heavy atom. The van der Waals surface area contributed by atoms with E-state index in [0.717, 1.165) is 12.2 Å². The van der Waals surface area contributed by atoms with E-state index in [1.165, 1.54) is 57.1 Å². The molecule has 0 fully saturated rings. The molecule has 0 aromatic heterocycles. The molecular weight excluding hydrogens is 328 g/mol. The Bertz CT molecular complexity index is 625. The minimum atomic E-state index is 0.522. The van der Waals surface area contributed by atoms with Crippen LogP contribution in [0.2, 0.25) is 0 Å². The van der Waals surface area contributed by atoms with Crippen molar-refractivity contribution in [3.05, 3.63) is 63.9 Å². The maximum Gasteiger partial charge on any atom is 0.0183 e. The number of aryl methyl sites for hydroxylation is 2. The molecule has 1 atom stereocenters. The lowest BCUT2D eigenvalue weighted by atomic mass is 10.0. The van der Waals surface area contributed by atoms with Crippen LogP contribution in [0, 0.1) is 12.8 Å². The van der Waals surface area contributed by atoms with Crippen molar-refractivity contribution in [2.45, 2.75) is 57.8 Å². The Morgan fingerprint density at radius 2 is 2.04 bits per heavy atom. The predicted octanol–water partition coefficient (Wildman–Crippen LogP) is 7.55. The zero-order valence-corrected chi connectivity index (χ0v) is 17.0. The molecule has 0 amide bonds. The Kier molecular flexibility index (Phi) is 7.77. The smallest absolute Gasteiger partial charge is 0.0183 e. The van der Waals surface area contributed by atoms with Gasteiger partial charge in [-0.1, -0.05) is 75.4 Å². The highest BCUT2D eigenvalue weighted by Crippen LogP contribution is 2.43. The summed E-state index contributed by atoms with van der Waals surface area (Å²) >= 11 is 3.76. The van der Waals surface area contributed by atoms with Gasteiger partial charge in [0.25, 0.3) is 0 Å². The third-order valence-electron chi connectivity index (χ3n) is 4.58. The van der Waals surface area contributed by atoms with E-state index in [-0.39, 0.29) is 0 Å². The highest BCUT2D eigenvalue weighted by atomic mass is 32.2. The summed E-state index contributed by atoms with van der Waals surface area (Å²) in [5.41, 5.74) is 4.14. The zero-order chi connectivity index (χ0) is 17.5. The minimum Gasteiger partial charge on any atom is -0.124 e. The highest BCUT2D eigenvalue weighted by Gasteiger charge is 2.20. The Balaban J connectivity index is 2.03. The first-order valence-electron chi connectivity index (χ1n) is 9.04. The minimum absolute atomic E-state index is 0.522. The molecule has 0 bridgehead atoms. The molecule has 0 saturated carbocycles. The van der Waals surface area contributed by atoms with Crippen molar-refractivity contribution in [2.24, 2.45) is 5.92 Å². The second kappa shape index (κ2) is 9.58. The van der Waals surface area contributed by atoms with Gasteiger partial charge in [-0.2, -0.15) is 0 Å². The van der Waals surface area contributed by atoms with Gasteiger partial charge in [0.15, 0.2) is 0 Å². The second-order valence-electron chi connectivity index (χ2n) is 6.54. The topological polar surface area (TPSA) is 0 Å². The van der Waals surface area contributed by atoms with E-state index in [1.54, 1.807) is 0 Å². The van der Waals surface area contributed by atoms with Crippen LogP contribution in [0.1, 0.15) is 50.7 Å². The molecule has 130 valence electrons. The molecule has 1 aliphatic rings. The lowest BCUT2D eigenvalue weighted by molar-refractivity contribution is 0.716. The van der Waals surface area contributed by atoms with Crippen LogP contribution in [0.15, 0.2) is 57.7 Å². The summed E-state index contributed by atoms with van der Waals surface area (Å²) in [5.74, 6) is 1.64. The number of allylic oxidation sites excluding steroid dienone is 2. The average Bonchev–Trinajstić information content (AvgIpc) is 3.07. The molecule has 0 spiro atoms. The summed E-state index contributed by atoms with van der Waals surface area (Å²) in [7, 11) is 0. The third kappa shape index (κ3) is 5.32. The number of thioether (sulfide) groups is 2. The van der Waals surface area contributed by atoms with Crippen molar-refractivity contribution in [3.8, 4) is 0 Å². The van der Waals surface area contributed by atoms with E-state index >= 15 is 0 Å². The zero-order valence-electron chi connectivity index (χ0n) is 15.4. The van der Waals surface area contributed by atoms with Crippen molar-refractivity contribution >= 4 is 23.5 Å². The average molecular weight is 359 g/mol. The van der Waals surface area contributed by atoms with E-state index in [9.17, 15) is 0 Å². The van der Waals surface area contributed by atoms with Crippen LogP contribution in [-0.4, -0.2) is 5.75 Å². The maximum absolute atomic E-state index is 4.34. The van der Waals surface area contributed by atoms with Crippen molar-refractivity contribution in [1.29, 1.82) is 0 Å². The van der Waals surface area contributed by atoms with Crippen LogP contribution in [0.25, 0.3) is 0 Å². The maximum atomic E-state index is 4.34. The molecule has 24 heavy (non-hydrogen) atoms. The molecule has 0 aliphatic carbocycles. The second-order valence-corrected chi connectivity index (χ2v) is 8.74. The van der Waals surface area contributed by atoms with Crippen molar-refractivity contribution in [2.75, 3.05) is 5.75 Å². The molecule has 0 nitrogen and oxygen atoms in total. The normalized spacial score (nSPS) is 17.0. The van der Waals surface area contributed by atoms with Gasteiger partial charge in [0.1, 0.15) is 0 Å². The number of hydrogen-bond acceptors (Lipinski definition) is 2. The lowest BCUT2D eigenvalue weighted by Gasteiger charge is -2.11. The van der Waals surface area contributed by atoms with Crippen LogP contribution in [-0.2, 0) is 6.42 Å². The van der Waals surface area contributed by atoms with Gasteiger partial charge in [-0.25, -0.2) is 0 Å². The summed E-state index contributed by atoms with van der Waals surface area (Å²) < 4.78 is 0. The van der Waals surface area contributed by atoms with Gasteiger partial charge in [0.05, 0.1) is 0 Å². The predicted molar refractivity (Wildman–Crippen MR) is 113 cm³/mol. The standard InChI is InChI=1S/C22H30S2/c1-6-8-9-10-19-12-11-17(4)21(13-19)24-18(5)22-14-20(15-23-22)16(3)7-2/h11-14,20H,3,5-10,15H2,1-2,4H3. The first-order chi connectivity index (χ1) is 11.5. The quantitative estimate of drug-likeness (QED) is 0.254. The highest BCUT2D eigenvalue weighted by molar-refractivity contribution is 8.08. The van der Waals surface area contributed by atoms with Gasteiger partial charge in [-0.05, 0) is 43.4 Å². The van der Waals surface area contributed by atoms with Crippen LogP contribution < -0.4 is 0 Å². The SMILES string of the molecule is C=C(Sc1cc(CCCCC)ccc1C)C1=CC(C(=C)CC)CS1. The molecule has 0 N–H and O–H groups in total. The third-order valence-corrected chi connectivity index (χ3v) is 7.05. The van der Waals surface area contributed by atoms with E-state index in [2.05, 4.69) is 58.2 Å². The monoisotopic (exact) mass is 358 g/mol. The molecule has 1 heterocycles. The first kappa shape index (κ1) is 19.5. The number of benzene rings is 1. The molecule has 1 aromatic carbocycles. The summed E-state index contributed by atoms with van der Waals surface area (Å²) in [4.78, 5) is 3.88. The van der Waals surface area contributed by atoms with Gasteiger partial charge in [-0.3, -0.25) is 0 Å². The summed E-state index contributed by atoms with van der Waals surface area (Å²) in [6, 6.07) is 6.90. The van der Waals surface area contributed by atoms with Crippen LogP contribution in [0.3, 0.4) is 0 Å². The molecular formula is C22H30S2. The van der Waals surface area contributed by atoms with Gasteiger partial charge >= 0.3 is 0 Å². The number of unbranched alkanes of at least 4 members (excludes halogenated alkanes) is 2. The fraction of sp³-hybridized carbons (Fsp3) is 0.455. The van der Waals surface area contributed by atoms with Crippen molar-refractivity contribution < 1.29 is 0 Å². The Hall–Kier alpha value is -0.860. The fourth-order valence-electron chi connectivity index (χ4n) is 2.80. The fourth-order valence-corrected chi connectivity index (χ4v) is 5.09. The van der Waals surface area contributed by atoms with E-state index in [0.29, 0.717) is 5.92 Å². The largest absolute Gasteiger partial charge is 0.124 e. The molecule has 1 unspecified atom stereocenters. The number of rotatable bonds is 9. The van der Waals surface area contributed by atoms with Gasteiger partial charge < -0.3 is 0 Å². The Labute approximate surface area is 156 Å². The van der Waals surface area contributed by atoms with E-state index in [1.807, 2.05) is 23.5 Å². The van der Waals surface area contributed by atoms with Crippen molar-refractivity contribution in [3.63, 3.8) is 0 Å². The van der Waals surface area contributed by atoms with Gasteiger partial charge in [0.2, 0.25) is 0 Å². The van der Waals surface area contributed by atoms with Gasteiger partial charge in [0, 0.05) is 26.4 Å². The lowest BCUT2D eigenvalue weighted by Crippen LogP contribution is -1.97. The Morgan fingerprint density at radius 1 is 1.25 bits per heavy atom. The van der Waals surface area contributed by atoms with Crippen LogP contribution in [0.5, 0.6) is 0 Å². The summed E-state index contributed by atoms with van der Waals surface area (Å²) in [6.45, 7) is 15.2. The number of hydrogen-bond donors (Lipinski definition) is 0. The summed E-state index contributed by atoms with van der Waals surface area (Å²) in [6.07, 6.45) is 8.49. The van der Waals surface area contributed by atoms with Crippen LogP contribution in [0.4, 0.5) is 0 Å². The molecule has 2 heteroatoms. The summed E-state index contributed by atoms with van der Waals surface area (Å²) in [5, 5.41) is 0. The molecule has 0 radical (unpaired) electrons. The molecule has 1 aromatic rings. The van der Waals surface area contributed by atoms with Crippen molar-refractivity contribution in [1.82, 2.24) is 0 Å². The molecule has 2 rings (SSSR count). The van der Waals surface area contributed by atoms with Crippen LogP contribution >= 0.6 is 23.5 Å². The van der Waals surface area contributed by atoms with Gasteiger partial charge in [-0.15, -0.1) is 11.8 Å². The molecule has 1 aliphatic heterocycles. The van der Waals surface area contributed by atoms with E-state index < -0.39 is 0 Å². The van der Waals surface area contributed by atoms with E-state index in [4.69, 9.17) is 0 Å². The first-order valence-corrected chi connectivity index (χ1v) is 10.8. The molecule has 0 saturated heterocycles.